The van der Waals surface area contributed by atoms with E-state index in [0.29, 0.717) is 0 Å². The average Bonchev–Trinajstić information content (AvgIpc) is 1.88. The third-order valence-electron chi connectivity index (χ3n) is 0.250. The zero-order valence-electron chi connectivity index (χ0n) is 12.7. The Hall–Kier alpha value is 1.23. The average molecular weight is 616 g/mol. The van der Waals surface area contributed by atoms with Crippen molar-refractivity contribution in [2.24, 2.45) is 0 Å². The van der Waals surface area contributed by atoms with Crippen molar-refractivity contribution in [3.8, 4) is 0 Å². The van der Waals surface area contributed by atoms with E-state index in [2.05, 4.69) is 0 Å². The van der Waals surface area contributed by atoms with E-state index in [4.69, 9.17) is 22.9 Å². The van der Waals surface area contributed by atoms with Crippen LogP contribution in [0, 0.1) is 0 Å². The summed E-state index contributed by atoms with van der Waals surface area (Å²) in [4.78, 5) is 0. The van der Waals surface area contributed by atoms with Gasteiger partial charge in [-0.2, -0.15) is 26.2 Å². The minimum absolute atomic E-state index is 0. The molecular weight excluding hydrogens is 579 g/mol. The van der Waals surface area contributed by atoms with Crippen molar-refractivity contribution in [2.75, 3.05) is 26.2 Å². The second-order valence-corrected chi connectivity index (χ2v) is 1.000. The van der Waals surface area contributed by atoms with Crippen LogP contribution < -0.4 is 0 Å². The molecule has 0 spiro atoms. The Bertz CT molecular complexity index is 44.0. The molecule has 0 aromatic rings. The van der Waals surface area contributed by atoms with Crippen molar-refractivity contribution in [1.82, 2.24) is 0 Å². The van der Waals surface area contributed by atoms with E-state index in [0.717, 1.165) is 0 Å². The van der Waals surface area contributed by atoms with Gasteiger partial charge in [-0.1, -0.05) is 0 Å². The number of hydrogen-bond acceptors (Lipinski definition) is 0. The van der Waals surface area contributed by atoms with Crippen molar-refractivity contribution in [3.63, 3.8) is 0 Å². The van der Waals surface area contributed by atoms with Gasteiger partial charge >= 0.3 is 58.4 Å². The third kappa shape index (κ3) is 1000. The molecular formula is C4H36N14O2Ru3-4. The van der Waals surface area contributed by atoms with Gasteiger partial charge < -0.3 is 95.4 Å². The molecule has 0 rings (SSSR count). The zero-order chi connectivity index (χ0) is 6.83. The Kier molecular flexibility index (Phi) is 4560. The van der Waals surface area contributed by atoms with E-state index in [9.17, 15) is 0 Å². The van der Waals surface area contributed by atoms with Crippen LogP contribution >= 0.6 is 0 Å². The van der Waals surface area contributed by atoms with Gasteiger partial charge in [0.15, 0.2) is 0 Å². The molecule has 0 fully saturated rings. The predicted molar refractivity (Wildman–Crippen MR) is 96.8 cm³/mol. The van der Waals surface area contributed by atoms with E-state index in [1.807, 2.05) is 0 Å². The first-order valence-corrected chi connectivity index (χ1v) is 2.41. The fourth-order valence-corrected chi connectivity index (χ4v) is 0. The molecule has 0 bridgehead atoms. The molecule has 16 nitrogen and oxygen atoms in total. The molecule has 0 amide bonds. The predicted octanol–water partition coefficient (Wildman–Crippen LogP) is 7.70. The van der Waals surface area contributed by atoms with E-state index in [-0.39, 0.29) is 157 Å². The Balaban J connectivity index is -0.00000000126. The Morgan fingerprint density at radius 3 is 0.391 bits per heavy atom. The monoisotopic (exact) mass is 618 g/mol. The molecule has 0 aliphatic carbocycles. The van der Waals surface area contributed by atoms with Crippen molar-refractivity contribution in [1.29, 1.82) is 0 Å². The van der Waals surface area contributed by atoms with Gasteiger partial charge in [-0.15, -0.1) is 0 Å². The summed E-state index contributed by atoms with van der Waals surface area (Å²) in [6.45, 7) is 0.944. The van der Waals surface area contributed by atoms with Crippen LogP contribution in [0.25, 0.3) is 84.4 Å². The summed E-state index contributed by atoms with van der Waals surface area (Å²) in [6, 6.07) is 0. The summed E-state index contributed by atoms with van der Waals surface area (Å²) >= 11 is 0. The van der Waals surface area contributed by atoms with E-state index in [1.165, 1.54) is 0 Å². The van der Waals surface area contributed by atoms with Gasteiger partial charge in [0.05, 0.1) is 0 Å². The van der Waals surface area contributed by atoms with Crippen molar-refractivity contribution < 1.29 is 69.4 Å². The maximum absolute atomic E-state index is 6.26. The van der Waals surface area contributed by atoms with Crippen LogP contribution in [0.3, 0.4) is 0 Å². The minimum Gasteiger partial charge on any atom is -0.693 e. The zero-order valence-corrected chi connectivity index (χ0v) is 17.9. The molecule has 19 heteroatoms. The number of hydrogen-bond donors (Lipinski definition) is 0. The van der Waals surface area contributed by atoms with Crippen molar-refractivity contribution in [2.45, 2.75) is 0 Å². The minimum atomic E-state index is 0. The van der Waals surface area contributed by atoms with Gasteiger partial charge in [-0.05, 0) is 0 Å². The summed E-state index contributed by atoms with van der Waals surface area (Å²) in [5, 5.41) is 0. The van der Waals surface area contributed by atoms with Crippen molar-refractivity contribution >= 4 is 0 Å². The first kappa shape index (κ1) is 250. The third-order valence-corrected chi connectivity index (χ3v) is 0.250. The summed E-state index contributed by atoms with van der Waals surface area (Å²) < 4.78 is 0. The molecule has 0 saturated heterocycles. The molecule has 28 N–H and O–H groups in total. The topological polar surface area (TPSA) is 493 Å². The van der Waals surface area contributed by atoms with Crippen LogP contribution in [0.15, 0.2) is 0 Å². The molecule has 0 aromatic heterocycles. The first-order valence-electron chi connectivity index (χ1n) is 2.41. The van der Waals surface area contributed by atoms with Gasteiger partial charge in [0.25, 0.3) is 0 Å². The SMILES string of the molecule is O.O.[NH-]CC[NH-].[NH-]CC[NH-].[NH2-].[NH2-].[NH2-].[NH2-].[NH2-].[NH2-].[NH2-].[NH2-].[NH2-].[NH2-].[Ru+2].[Ru+2].[Ru+6]. The van der Waals surface area contributed by atoms with Gasteiger partial charge in [-0.25, -0.2) is 0 Å². The molecule has 0 aliphatic rings. The first-order chi connectivity index (χ1) is 3.83. The molecule has 0 aliphatic heterocycles. The van der Waals surface area contributed by atoms with E-state index < -0.39 is 0 Å². The molecule has 0 heterocycles. The van der Waals surface area contributed by atoms with Crippen LogP contribution in [0.5, 0.6) is 0 Å². The largest absolute Gasteiger partial charge is 6.00 e. The van der Waals surface area contributed by atoms with E-state index in [1.54, 1.807) is 0 Å². The molecule has 0 unspecified atom stereocenters. The molecule has 0 radical (unpaired) electrons. The maximum atomic E-state index is 6.26. The summed E-state index contributed by atoms with van der Waals surface area (Å²) in [6.07, 6.45) is 0. The van der Waals surface area contributed by atoms with Gasteiger partial charge in [0.1, 0.15) is 0 Å². The number of nitrogens with one attached hydrogen (secondary N) is 4. The van der Waals surface area contributed by atoms with Gasteiger partial charge in [0, 0.05) is 0 Å². The van der Waals surface area contributed by atoms with Crippen LogP contribution in [0.1, 0.15) is 0 Å². The molecule has 162 valence electrons. The maximum Gasteiger partial charge on any atom is 6.00 e. The van der Waals surface area contributed by atoms with E-state index >= 15 is 0 Å². The van der Waals surface area contributed by atoms with Gasteiger partial charge in [-0.3, -0.25) is 0 Å². The van der Waals surface area contributed by atoms with Crippen LogP contribution in [0.4, 0.5) is 0 Å². The van der Waals surface area contributed by atoms with Gasteiger partial charge in [0.2, 0.25) is 0 Å². The fourth-order valence-electron chi connectivity index (χ4n) is 0. The Morgan fingerprint density at radius 1 is 0.348 bits per heavy atom. The normalized spacial score (nSPS) is 2.61. The number of nitrogens with two attached hydrogens (primary N) is 10. The van der Waals surface area contributed by atoms with Crippen molar-refractivity contribution in [3.05, 3.63) is 84.4 Å². The number of rotatable bonds is 2. The second-order valence-electron chi connectivity index (χ2n) is 1.000. The summed E-state index contributed by atoms with van der Waals surface area (Å²) in [5.41, 5.74) is 25.1. The smallest absolute Gasteiger partial charge is 0.693 e. The second kappa shape index (κ2) is 420. The molecule has 0 atom stereocenters. The standard InChI is InChI=1S/2C2H6N2.10H2N.2H2O.3Ru/c2*3-1-2-4;;;;;;;;;;;;;;;/h2*3-4H,1-2H2;12*1H2;;;/q2*-2;10*-1;;;2*+2;+6. The fraction of sp³-hybridized carbons (Fsp3) is 1.00. The van der Waals surface area contributed by atoms with Crippen LogP contribution in [0.2, 0.25) is 0 Å². The molecule has 23 heavy (non-hydrogen) atoms. The van der Waals surface area contributed by atoms with Crippen LogP contribution in [-0.2, 0) is 58.4 Å². The Morgan fingerprint density at radius 2 is 0.391 bits per heavy atom. The quantitative estimate of drug-likeness (QED) is 0.269. The molecule has 0 saturated carbocycles. The summed E-state index contributed by atoms with van der Waals surface area (Å²) in [7, 11) is 0. The summed E-state index contributed by atoms with van der Waals surface area (Å²) in [5.74, 6) is 0. The van der Waals surface area contributed by atoms with Crippen LogP contribution in [-0.4, -0.2) is 37.1 Å². The Labute approximate surface area is 179 Å². The molecule has 0 aromatic carbocycles.